The molecule has 3 aromatic rings. The molecule has 4 rings (SSSR count). The fourth-order valence-corrected chi connectivity index (χ4v) is 5.38. The van der Waals surface area contributed by atoms with E-state index >= 15 is 0 Å². The van der Waals surface area contributed by atoms with E-state index in [4.69, 9.17) is 4.74 Å². The van der Waals surface area contributed by atoms with Gasteiger partial charge in [-0.3, -0.25) is 9.59 Å². The van der Waals surface area contributed by atoms with E-state index in [1.807, 2.05) is 29.5 Å². The van der Waals surface area contributed by atoms with Gasteiger partial charge in [0.15, 0.2) is 5.78 Å². The van der Waals surface area contributed by atoms with Crippen LogP contribution in [0.15, 0.2) is 30.6 Å². The third kappa shape index (κ3) is 5.55. The van der Waals surface area contributed by atoms with Crippen LogP contribution in [0, 0.1) is 22.7 Å². The summed E-state index contributed by atoms with van der Waals surface area (Å²) >= 11 is 0. The molecule has 1 N–H and O–H groups in total. The van der Waals surface area contributed by atoms with Gasteiger partial charge in [-0.25, -0.2) is 4.98 Å². The first-order chi connectivity index (χ1) is 18.5. The van der Waals surface area contributed by atoms with Crippen molar-refractivity contribution >= 4 is 22.7 Å². The number of ketones is 1. The average molecular weight is 531 g/mol. The first-order valence-electron chi connectivity index (χ1n) is 13.5. The largest absolute Gasteiger partial charge is 0.496 e. The van der Waals surface area contributed by atoms with Crippen LogP contribution in [0.3, 0.4) is 0 Å². The molecule has 8 nitrogen and oxygen atoms in total. The number of ether oxygens (including phenoxy) is 1. The topological polar surface area (TPSA) is 108 Å². The first-order valence-corrected chi connectivity index (χ1v) is 13.5. The van der Waals surface area contributed by atoms with Crippen molar-refractivity contribution in [3.05, 3.63) is 58.4 Å². The summed E-state index contributed by atoms with van der Waals surface area (Å²) in [5.41, 5.74) is 3.70. The Morgan fingerprint density at radius 1 is 1.23 bits per heavy atom. The molecule has 0 saturated carbocycles. The Labute approximate surface area is 230 Å². The molecule has 8 heteroatoms. The lowest BCUT2D eigenvalue weighted by Crippen LogP contribution is -2.43. The van der Waals surface area contributed by atoms with Crippen molar-refractivity contribution < 1.29 is 19.4 Å². The maximum absolute atomic E-state index is 13.2. The second kappa shape index (κ2) is 11.2. The van der Waals surface area contributed by atoms with Gasteiger partial charge in [0.1, 0.15) is 11.4 Å². The number of piperidine rings is 1. The van der Waals surface area contributed by atoms with Gasteiger partial charge in [-0.2, -0.15) is 5.26 Å². The summed E-state index contributed by atoms with van der Waals surface area (Å²) in [5, 5.41) is 19.7. The predicted molar refractivity (Wildman–Crippen MR) is 150 cm³/mol. The predicted octanol–water partition coefficient (Wildman–Crippen LogP) is 4.76. The van der Waals surface area contributed by atoms with Gasteiger partial charge in [-0.15, -0.1) is 0 Å². The Morgan fingerprint density at radius 2 is 1.92 bits per heavy atom. The molecule has 1 aliphatic heterocycles. The minimum Gasteiger partial charge on any atom is -0.496 e. The summed E-state index contributed by atoms with van der Waals surface area (Å²) in [4.78, 5) is 33.0. The van der Waals surface area contributed by atoms with Gasteiger partial charge < -0.3 is 19.3 Å². The summed E-state index contributed by atoms with van der Waals surface area (Å²) < 4.78 is 7.89. The number of nitrogens with zero attached hydrogens (tertiary/aromatic N) is 4. The quantitative estimate of drug-likeness (QED) is 0.441. The molecule has 206 valence electrons. The zero-order valence-electron chi connectivity index (χ0n) is 23.7. The van der Waals surface area contributed by atoms with Crippen LogP contribution in [0.25, 0.3) is 11.0 Å². The molecule has 1 fully saturated rings. The molecule has 1 aromatic carbocycles. The zero-order valence-corrected chi connectivity index (χ0v) is 23.7. The number of Topliss-reactive ketones (excluding diaryl/α,β-unsaturated/α-hetero) is 1. The lowest BCUT2D eigenvalue weighted by molar-refractivity contribution is -0.139. The lowest BCUT2D eigenvalue weighted by Gasteiger charge is -2.36. The number of carbonyl (C=O) groups is 2. The molecule has 1 amide bonds. The molecule has 1 atom stereocenters. The van der Waals surface area contributed by atoms with Crippen LogP contribution in [0.2, 0.25) is 0 Å². The van der Waals surface area contributed by atoms with Gasteiger partial charge in [0.2, 0.25) is 5.91 Å². The van der Waals surface area contributed by atoms with Gasteiger partial charge in [-0.05, 0) is 41.4 Å². The molecule has 3 heterocycles. The average Bonchev–Trinajstić information content (AvgIpc) is 3.27. The number of benzene rings is 1. The highest BCUT2D eigenvalue weighted by Crippen LogP contribution is 2.40. The number of hydrogen-bond acceptors (Lipinski definition) is 6. The number of hydrogen-bond donors (Lipinski definition) is 1. The highest BCUT2D eigenvalue weighted by molar-refractivity contribution is 5.99. The van der Waals surface area contributed by atoms with Crippen LogP contribution < -0.4 is 4.74 Å². The number of aromatic nitrogens is 2. The van der Waals surface area contributed by atoms with Crippen molar-refractivity contribution in [2.75, 3.05) is 20.2 Å². The molecular formula is C31H38N4O4. The van der Waals surface area contributed by atoms with Crippen molar-refractivity contribution in [2.45, 2.75) is 59.5 Å². The van der Waals surface area contributed by atoms with Crippen molar-refractivity contribution in [2.24, 2.45) is 18.4 Å². The maximum atomic E-state index is 13.2. The number of aliphatic hydroxyl groups is 1. The molecule has 39 heavy (non-hydrogen) atoms. The Kier molecular flexibility index (Phi) is 8.12. The Hall–Kier alpha value is -3.70. The molecule has 0 radical (unpaired) electrons. The second-order valence-corrected chi connectivity index (χ2v) is 11.6. The third-order valence-electron chi connectivity index (χ3n) is 8.23. The Balaban J connectivity index is 1.61. The van der Waals surface area contributed by atoms with Gasteiger partial charge in [0.05, 0.1) is 30.7 Å². The fourth-order valence-electron chi connectivity index (χ4n) is 5.38. The van der Waals surface area contributed by atoms with Gasteiger partial charge in [0, 0.05) is 56.0 Å². The fraction of sp³-hybridized carbons (Fsp3) is 0.484. The molecular weight excluding hydrogens is 492 g/mol. The molecule has 0 unspecified atom stereocenters. The molecule has 1 saturated heterocycles. The highest BCUT2D eigenvalue weighted by Gasteiger charge is 2.34. The van der Waals surface area contributed by atoms with E-state index in [-0.39, 0.29) is 47.5 Å². The maximum Gasteiger partial charge on any atom is 0.225 e. The monoisotopic (exact) mass is 530 g/mol. The summed E-state index contributed by atoms with van der Waals surface area (Å²) in [6.45, 7) is 9.48. The van der Waals surface area contributed by atoms with Crippen molar-refractivity contribution in [1.29, 1.82) is 5.26 Å². The second-order valence-electron chi connectivity index (χ2n) is 11.6. The van der Waals surface area contributed by atoms with Crippen LogP contribution >= 0.6 is 0 Å². The van der Waals surface area contributed by atoms with Crippen molar-refractivity contribution in [3.63, 3.8) is 0 Å². The van der Waals surface area contributed by atoms with E-state index in [2.05, 4.69) is 32.0 Å². The van der Waals surface area contributed by atoms with Crippen LogP contribution in [-0.2, 0) is 24.9 Å². The van der Waals surface area contributed by atoms with E-state index < -0.39 is 0 Å². The smallest absolute Gasteiger partial charge is 0.225 e. The number of methoxy groups -OCH3 is 1. The third-order valence-corrected chi connectivity index (χ3v) is 8.23. The number of aliphatic hydroxyl groups excluding tert-OH is 1. The Bertz CT molecular complexity index is 1440. The molecule has 0 aliphatic carbocycles. The minimum atomic E-state index is -0.259. The van der Waals surface area contributed by atoms with E-state index in [0.717, 1.165) is 29.4 Å². The minimum absolute atomic E-state index is 0.0416. The van der Waals surface area contributed by atoms with Crippen LogP contribution in [0.4, 0.5) is 0 Å². The summed E-state index contributed by atoms with van der Waals surface area (Å²) in [7, 11) is 3.57. The number of rotatable bonds is 7. The zero-order chi connectivity index (χ0) is 28.5. The highest BCUT2D eigenvalue weighted by atomic mass is 16.5. The standard InChI is InChI=1S/C31H38N4O4/c1-19(31(2,3)4)30(38)35-11-9-20(10-12-35)25-17-34(5)29-27(25)28(39-6)24(16-33-29)14-26(37)21-7-8-22(18-36)23(13-21)15-32/h7-8,13,16-17,19-20,36H,9-12,14,18H2,1-6H3/t19-/m1/s1. The number of likely N-dealkylation sites (tertiary alicyclic amines) is 1. The van der Waals surface area contributed by atoms with Crippen molar-refractivity contribution in [3.8, 4) is 11.8 Å². The first kappa shape index (κ1) is 28.3. The summed E-state index contributed by atoms with van der Waals surface area (Å²) in [6, 6.07) is 6.82. The Morgan fingerprint density at radius 3 is 2.51 bits per heavy atom. The van der Waals surface area contributed by atoms with E-state index in [1.165, 1.54) is 6.07 Å². The summed E-state index contributed by atoms with van der Waals surface area (Å²) in [6.07, 6.45) is 5.55. The SMILES string of the molecule is COc1c(CC(=O)c2ccc(CO)c(C#N)c2)cnc2c1c(C1CCN(C(=O)[C@@H](C)C(C)(C)C)CC1)cn2C. The van der Waals surface area contributed by atoms with Crippen LogP contribution in [0.5, 0.6) is 5.75 Å². The number of nitriles is 1. The lowest BCUT2D eigenvalue weighted by atomic mass is 9.80. The van der Waals surface area contributed by atoms with Gasteiger partial charge in [-0.1, -0.05) is 39.8 Å². The summed E-state index contributed by atoms with van der Waals surface area (Å²) in [5.74, 6) is 0.892. The van der Waals surface area contributed by atoms with Crippen LogP contribution in [0.1, 0.15) is 79.1 Å². The molecule has 0 bridgehead atoms. The molecule has 2 aromatic heterocycles. The van der Waals surface area contributed by atoms with E-state index in [1.54, 1.807) is 25.4 Å². The number of fused-ring (bicyclic) bond motifs is 1. The van der Waals surface area contributed by atoms with Crippen LogP contribution in [-0.4, -0.2) is 51.4 Å². The number of pyridine rings is 1. The van der Waals surface area contributed by atoms with Crippen molar-refractivity contribution in [1.82, 2.24) is 14.5 Å². The van der Waals surface area contributed by atoms with E-state index in [0.29, 0.717) is 35.5 Å². The van der Waals surface area contributed by atoms with Gasteiger partial charge in [0.25, 0.3) is 0 Å². The molecule has 0 spiro atoms. The van der Waals surface area contributed by atoms with Gasteiger partial charge >= 0.3 is 0 Å². The number of carbonyl (C=O) groups excluding carboxylic acids is 2. The number of aryl methyl sites for hydroxylation is 1. The number of amides is 1. The normalized spacial score (nSPS) is 15.3. The molecule has 1 aliphatic rings. The van der Waals surface area contributed by atoms with E-state index in [9.17, 15) is 20.0 Å².